The number of aromatic nitrogens is 2. The van der Waals surface area contributed by atoms with Crippen LogP contribution in [0.25, 0.3) is 5.69 Å². The summed E-state index contributed by atoms with van der Waals surface area (Å²) in [7, 11) is 0. The van der Waals surface area contributed by atoms with Crippen molar-refractivity contribution in [2.75, 3.05) is 0 Å². The Labute approximate surface area is 124 Å². The maximum atomic E-state index is 5.87. The molecule has 1 heterocycles. The normalized spacial score (nSPS) is 10.6. The predicted octanol–water partition coefficient (Wildman–Crippen LogP) is 4.07. The molecule has 0 aliphatic carbocycles. The zero-order valence-corrected chi connectivity index (χ0v) is 12.3. The van der Waals surface area contributed by atoms with Crippen molar-refractivity contribution < 1.29 is 4.74 Å². The van der Waals surface area contributed by atoms with E-state index in [4.69, 9.17) is 4.74 Å². The molecule has 3 nitrogen and oxygen atoms in total. The SMILES string of the molecule is Cc1ccc(OCc2cnn(-c3ccccc3)c2)c(C)c1. The van der Waals surface area contributed by atoms with Gasteiger partial charge in [-0.2, -0.15) is 5.10 Å². The fraction of sp³-hybridized carbons (Fsp3) is 0.167. The minimum atomic E-state index is 0.525. The Hall–Kier alpha value is -2.55. The van der Waals surface area contributed by atoms with Crippen molar-refractivity contribution >= 4 is 0 Å². The van der Waals surface area contributed by atoms with Crippen LogP contribution < -0.4 is 4.74 Å². The van der Waals surface area contributed by atoms with Gasteiger partial charge in [-0.25, -0.2) is 4.68 Å². The molecule has 2 aromatic carbocycles. The number of hydrogen-bond donors (Lipinski definition) is 0. The summed E-state index contributed by atoms with van der Waals surface area (Å²) >= 11 is 0. The van der Waals surface area contributed by atoms with E-state index < -0.39 is 0 Å². The van der Waals surface area contributed by atoms with Gasteiger partial charge in [0.05, 0.1) is 11.9 Å². The summed E-state index contributed by atoms with van der Waals surface area (Å²) in [6.07, 6.45) is 3.84. The van der Waals surface area contributed by atoms with Crippen molar-refractivity contribution in [3.8, 4) is 11.4 Å². The highest BCUT2D eigenvalue weighted by Gasteiger charge is 2.03. The highest BCUT2D eigenvalue weighted by Crippen LogP contribution is 2.20. The molecule has 0 aliphatic heterocycles. The summed E-state index contributed by atoms with van der Waals surface area (Å²) in [5, 5.41) is 4.37. The second-order valence-electron chi connectivity index (χ2n) is 5.19. The van der Waals surface area contributed by atoms with E-state index in [1.807, 2.05) is 53.5 Å². The molecule has 0 fully saturated rings. The topological polar surface area (TPSA) is 27.1 Å². The van der Waals surface area contributed by atoms with E-state index in [2.05, 4.69) is 31.1 Å². The number of rotatable bonds is 4. The molecule has 21 heavy (non-hydrogen) atoms. The maximum Gasteiger partial charge on any atom is 0.122 e. The van der Waals surface area contributed by atoms with Crippen molar-refractivity contribution in [1.82, 2.24) is 9.78 Å². The van der Waals surface area contributed by atoms with Crippen molar-refractivity contribution in [2.45, 2.75) is 20.5 Å². The van der Waals surface area contributed by atoms with Gasteiger partial charge in [0.2, 0.25) is 0 Å². The molecule has 0 bridgehead atoms. The molecule has 0 saturated heterocycles. The van der Waals surface area contributed by atoms with Gasteiger partial charge in [0.1, 0.15) is 12.4 Å². The summed E-state index contributed by atoms with van der Waals surface area (Å²) in [5.74, 6) is 0.924. The Bertz CT molecular complexity index is 732. The molecular formula is C18H18N2O. The Morgan fingerprint density at radius 2 is 1.86 bits per heavy atom. The zero-order chi connectivity index (χ0) is 14.7. The minimum Gasteiger partial charge on any atom is -0.489 e. The fourth-order valence-corrected chi connectivity index (χ4v) is 2.28. The van der Waals surface area contributed by atoms with Crippen LogP contribution >= 0.6 is 0 Å². The van der Waals surface area contributed by atoms with Gasteiger partial charge in [0.25, 0.3) is 0 Å². The fourth-order valence-electron chi connectivity index (χ4n) is 2.28. The molecule has 0 aliphatic rings. The number of para-hydroxylation sites is 1. The Kier molecular flexibility index (Phi) is 3.73. The summed E-state index contributed by atoms with van der Waals surface area (Å²) in [6, 6.07) is 16.3. The molecule has 0 atom stereocenters. The molecule has 106 valence electrons. The Morgan fingerprint density at radius 1 is 1.05 bits per heavy atom. The largest absolute Gasteiger partial charge is 0.489 e. The van der Waals surface area contributed by atoms with Crippen LogP contribution in [-0.4, -0.2) is 9.78 Å². The van der Waals surface area contributed by atoms with Crippen LogP contribution in [0.5, 0.6) is 5.75 Å². The van der Waals surface area contributed by atoms with E-state index in [1.165, 1.54) is 5.56 Å². The van der Waals surface area contributed by atoms with Crippen LogP contribution in [0.2, 0.25) is 0 Å². The third kappa shape index (κ3) is 3.14. The summed E-state index contributed by atoms with van der Waals surface area (Å²) in [6.45, 7) is 4.67. The molecule has 0 saturated carbocycles. The third-order valence-corrected chi connectivity index (χ3v) is 3.38. The van der Waals surface area contributed by atoms with Gasteiger partial charge < -0.3 is 4.74 Å². The summed E-state index contributed by atoms with van der Waals surface area (Å²) < 4.78 is 7.74. The van der Waals surface area contributed by atoms with Crippen molar-refractivity contribution in [3.05, 3.63) is 77.6 Å². The van der Waals surface area contributed by atoms with E-state index in [9.17, 15) is 0 Å². The van der Waals surface area contributed by atoms with Crippen LogP contribution in [0.4, 0.5) is 0 Å². The van der Waals surface area contributed by atoms with E-state index in [0.717, 1.165) is 22.6 Å². The first kappa shape index (κ1) is 13.4. The van der Waals surface area contributed by atoms with Crippen LogP contribution in [0, 0.1) is 13.8 Å². The van der Waals surface area contributed by atoms with Crippen LogP contribution in [0.3, 0.4) is 0 Å². The molecule has 3 aromatic rings. The number of nitrogens with zero attached hydrogens (tertiary/aromatic N) is 2. The first-order chi connectivity index (χ1) is 10.2. The van der Waals surface area contributed by atoms with Crippen LogP contribution in [0.1, 0.15) is 16.7 Å². The standard InChI is InChI=1S/C18H18N2O/c1-14-8-9-18(15(2)10-14)21-13-16-11-19-20(12-16)17-6-4-3-5-7-17/h3-12H,13H2,1-2H3. The molecule has 0 unspecified atom stereocenters. The van der Waals surface area contributed by atoms with Crippen molar-refractivity contribution in [3.63, 3.8) is 0 Å². The van der Waals surface area contributed by atoms with E-state index in [1.54, 1.807) is 0 Å². The van der Waals surface area contributed by atoms with Gasteiger partial charge in [-0.1, -0.05) is 35.9 Å². The molecule has 0 radical (unpaired) electrons. The number of hydrogen-bond acceptors (Lipinski definition) is 2. The maximum absolute atomic E-state index is 5.87. The van der Waals surface area contributed by atoms with Gasteiger partial charge in [-0.3, -0.25) is 0 Å². The third-order valence-electron chi connectivity index (χ3n) is 3.38. The molecule has 3 rings (SSSR count). The van der Waals surface area contributed by atoms with Crippen molar-refractivity contribution in [2.24, 2.45) is 0 Å². The van der Waals surface area contributed by atoms with E-state index >= 15 is 0 Å². The quantitative estimate of drug-likeness (QED) is 0.719. The molecule has 3 heteroatoms. The second kappa shape index (κ2) is 5.83. The molecule has 0 amide bonds. The summed E-state index contributed by atoms with van der Waals surface area (Å²) in [4.78, 5) is 0. The predicted molar refractivity (Wildman–Crippen MR) is 83.8 cm³/mol. The lowest BCUT2D eigenvalue weighted by Gasteiger charge is -2.08. The lowest BCUT2D eigenvalue weighted by atomic mass is 10.1. The molecular weight excluding hydrogens is 260 g/mol. The molecule has 0 spiro atoms. The number of benzene rings is 2. The second-order valence-corrected chi connectivity index (χ2v) is 5.19. The lowest BCUT2D eigenvalue weighted by molar-refractivity contribution is 0.304. The van der Waals surface area contributed by atoms with Gasteiger partial charge in [-0.15, -0.1) is 0 Å². The van der Waals surface area contributed by atoms with Gasteiger partial charge in [-0.05, 0) is 37.6 Å². The lowest BCUT2D eigenvalue weighted by Crippen LogP contribution is -1.96. The zero-order valence-electron chi connectivity index (χ0n) is 12.3. The first-order valence-corrected chi connectivity index (χ1v) is 7.01. The highest BCUT2D eigenvalue weighted by molar-refractivity contribution is 5.36. The summed E-state index contributed by atoms with van der Waals surface area (Å²) in [5.41, 5.74) is 4.51. The van der Waals surface area contributed by atoms with Gasteiger partial charge in [0, 0.05) is 11.8 Å². The Balaban J connectivity index is 1.70. The highest BCUT2D eigenvalue weighted by atomic mass is 16.5. The van der Waals surface area contributed by atoms with E-state index in [-0.39, 0.29) is 0 Å². The smallest absolute Gasteiger partial charge is 0.122 e. The van der Waals surface area contributed by atoms with Crippen molar-refractivity contribution in [1.29, 1.82) is 0 Å². The average molecular weight is 278 g/mol. The average Bonchev–Trinajstić information content (AvgIpc) is 2.96. The van der Waals surface area contributed by atoms with E-state index in [0.29, 0.717) is 6.61 Å². The number of aryl methyl sites for hydroxylation is 2. The van der Waals surface area contributed by atoms with Gasteiger partial charge >= 0.3 is 0 Å². The first-order valence-electron chi connectivity index (χ1n) is 7.01. The molecule has 1 aromatic heterocycles. The molecule has 0 N–H and O–H groups in total. The van der Waals surface area contributed by atoms with Crippen LogP contribution in [-0.2, 0) is 6.61 Å². The monoisotopic (exact) mass is 278 g/mol. The minimum absolute atomic E-state index is 0.525. The number of ether oxygens (including phenoxy) is 1. The van der Waals surface area contributed by atoms with Crippen LogP contribution in [0.15, 0.2) is 60.9 Å². The van der Waals surface area contributed by atoms with Gasteiger partial charge in [0.15, 0.2) is 0 Å². The Morgan fingerprint density at radius 3 is 2.62 bits per heavy atom.